The minimum atomic E-state index is 0.770. The van der Waals surface area contributed by atoms with Crippen LogP contribution < -0.4 is 5.32 Å². The van der Waals surface area contributed by atoms with Crippen molar-refractivity contribution in [2.24, 2.45) is 0 Å². The highest BCUT2D eigenvalue weighted by Crippen LogP contribution is 2.20. The maximum absolute atomic E-state index is 3.36. The molecule has 0 aromatic carbocycles. The molecule has 0 atom stereocenters. The van der Waals surface area contributed by atoms with E-state index in [0.717, 1.165) is 12.6 Å². The number of hydrogen-bond donors (Lipinski definition) is 1. The van der Waals surface area contributed by atoms with E-state index in [1.807, 2.05) is 11.3 Å². The molecule has 1 N–H and O–H groups in total. The van der Waals surface area contributed by atoms with E-state index in [1.54, 1.807) is 0 Å². The van der Waals surface area contributed by atoms with E-state index in [1.165, 1.54) is 42.2 Å². The molecular weight excluding hydrogens is 216 g/mol. The number of aryl methyl sites for hydroxylation is 1. The van der Waals surface area contributed by atoms with Crippen LogP contribution in [0.2, 0.25) is 0 Å². The van der Waals surface area contributed by atoms with Gasteiger partial charge >= 0.3 is 0 Å². The molecule has 1 aliphatic heterocycles. The van der Waals surface area contributed by atoms with E-state index in [4.69, 9.17) is 0 Å². The number of thiophene rings is 1. The first kappa shape index (κ1) is 12.1. The summed E-state index contributed by atoms with van der Waals surface area (Å²) in [6, 6.07) is 5.36. The van der Waals surface area contributed by atoms with Gasteiger partial charge in [0, 0.05) is 35.4 Å². The summed E-state index contributed by atoms with van der Waals surface area (Å²) in [6.07, 6.45) is 2.42. The SMILES string of the molecule is CCCN(Cc1ccc(CC)s1)C1CNC1. The summed E-state index contributed by atoms with van der Waals surface area (Å²) < 4.78 is 0. The lowest BCUT2D eigenvalue weighted by atomic mass is 10.1. The van der Waals surface area contributed by atoms with Gasteiger partial charge in [-0.15, -0.1) is 11.3 Å². The molecule has 1 aromatic rings. The van der Waals surface area contributed by atoms with Crippen LogP contribution in [0, 0.1) is 0 Å². The van der Waals surface area contributed by atoms with Crippen molar-refractivity contribution in [1.82, 2.24) is 10.2 Å². The van der Waals surface area contributed by atoms with Crippen LogP contribution in [0.1, 0.15) is 30.0 Å². The molecule has 2 nitrogen and oxygen atoms in total. The Bertz CT molecular complexity index is 317. The molecular formula is C13H22N2S. The van der Waals surface area contributed by atoms with E-state index >= 15 is 0 Å². The molecule has 0 saturated carbocycles. The molecule has 3 heteroatoms. The zero-order valence-corrected chi connectivity index (χ0v) is 11.1. The van der Waals surface area contributed by atoms with Crippen LogP contribution in [0.25, 0.3) is 0 Å². The van der Waals surface area contributed by atoms with Gasteiger partial charge in [-0.25, -0.2) is 0 Å². The average Bonchev–Trinajstić information content (AvgIpc) is 2.63. The van der Waals surface area contributed by atoms with E-state index in [2.05, 4.69) is 36.2 Å². The van der Waals surface area contributed by atoms with Crippen molar-refractivity contribution in [3.63, 3.8) is 0 Å². The van der Waals surface area contributed by atoms with Crippen molar-refractivity contribution in [2.45, 2.75) is 39.3 Å². The largest absolute Gasteiger partial charge is 0.314 e. The van der Waals surface area contributed by atoms with E-state index in [-0.39, 0.29) is 0 Å². The van der Waals surface area contributed by atoms with Gasteiger partial charge in [-0.2, -0.15) is 0 Å². The van der Waals surface area contributed by atoms with Crippen LogP contribution >= 0.6 is 11.3 Å². The van der Waals surface area contributed by atoms with Crippen LogP contribution in [0.15, 0.2) is 12.1 Å². The standard InChI is InChI=1S/C13H22N2S/c1-3-7-15(11-8-14-9-11)10-13-6-5-12(4-2)16-13/h5-6,11,14H,3-4,7-10H2,1-2H3. The first-order valence-corrected chi connectivity index (χ1v) is 7.17. The van der Waals surface area contributed by atoms with Gasteiger partial charge in [-0.1, -0.05) is 13.8 Å². The minimum absolute atomic E-state index is 0.770. The predicted octanol–water partition coefficient (Wildman–Crippen LogP) is 2.49. The molecule has 0 aliphatic carbocycles. The minimum Gasteiger partial charge on any atom is -0.314 e. The fraction of sp³-hybridized carbons (Fsp3) is 0.692. The second kappa shape index (κ2) is 5.80. The van der Waals surface area contributed by atoms with Gasteiger partial charge in [-0.3, -0.25) is 4.90 Å². The van der Waals surface area contributed by atoms with Gasteiger partial charge in [0.2, 0.25) is 0 Å². The summed E-state index contributed by atoms with van der Waals surface area (Å²) in [7, 11) is 0. The normalized spacial score (nSPS) is 16.7. The summed E-state index contributed by atoms with van der Waals surface area (Å²) in [5, 5.41) is 3.36. The molecule has 0 radical (unpaired) electrons. The van der Waals surface area contributed by atoms with Crippen LogP contribution in [0.5, 0.6) is 0 Å². The topological polar surface area (TPSA) is 15.3 Å². The molecule has 2 rings (SSSR count). The summed E-state index contributed by atoms with van der Waals surface area (Å²) in [5.41, 5.74) is 0. The zero-order chi connectivity index (χ0) is 11.4. The highest BCUT2D eigenvalue weighted by Gasteiger charge is 2.24. The number of rotatable bonds is 6. The highest BCUT2D eigenvalue weighted by atomic mass is 32.1. The highest BCUT2D eigenvalue weighted by molar-refractivity contribution is 7.11. The van der Waals surface area contributed by atoms with Crippen molar-refractivity contribution >= 4 is 11.3 Å². The lowest BCUT2D eigenvalue weighted by Crippen LogP contribution is -2.56. The Morgan fingerprint density at radius 1 is 1.31 bits per heavy atom. The summed E-state index contributed by atoms with van der Waals surface area (Å²) in [5.74, 6) is 0. The molecule has 16 heavy (non-hydrogen) atoms. The molecule has 0 unspecified atom stereocenters. The molecule has 90 valence electrons. The van der Waals surface area contributed by atoms with Crippen molar-refractivity contribution < 1.29 is 0 Å². The molecule has 1 saturated heterocycles. The monoisotopic (exact) mass is 238 g/mol. The fourth-order valence-electron chi connectivity index (χ4n) is 2.11. The summed E-state index contributed by atoms with van der Waals surface area (Å²) in [6.45, 7) is 9.22. The summed E-state index contributed by atoms with van der Waals surface area (Å²) >= 11 is 1.98. The van der Waals surface area contributed by atoms with Gasteiger partial charge in [0.25, 0.3) is 0 Å². The lowest BCUT2D eigenvalue weighted by molar-refractivity contribution is 0.139. The quantitative estimate of drug-likeness (QED) is 0.819. The van der Waals surface area contributed by atoms with Crippen molar-refractivity contribution in [1.29, 1.82) is 0 Å². The Balaban J connectivity index is 1.93. The van der Waals surface area contributed by atoms with E-state index in [9.17, 15) is 0 Å². The molecule has 0 spiro atoms. The Morgan fingerprint density at radius 2 is 2.06 bits per heavy atom. The Morgan fingerprint density at radius 3 is 2.56 bits per heavy atom. The number of hydrogen-bond acceptors (Lipinski definition) is 3. The Hall–Kier alpha value is -0.380. The lowest BCUT2D eigenvalue weighted by Gasteiger charge is -2.38. The zero-order valence-electron chi connectivity index (χ0n) is 10.3. The van der Waals surface area contributed by atoms with Crippen LogP contribution in [-0.2, 0) is 13.0 Å². The van der Waals surface area contributed by atoms with E-state index in [0.29, 0.717) is 0 Å². The predicted molar refractivity (Wildman–Crippen MR) is 71.1 cm³/mol. The first-order valence-electron chi connectivity index (χ1n) is 6.35. The first-order chi connectivity index (χ1) is 7.83. The molecule has 0 amide bonds. The third-order valence-corrected chi connectivity index (χ3v) is 4.43. The fourth-order valence-corrected chi connectivity index (χ4v) is 3.09. The molecule has 0 bridgehead atoms. The molecule has 1 aliphatic rings. The maximum Gasteiger partial charge on any atom is 0.0349 e. The van der Waals surface area contributed by atoms with Crippen molar-refractivity contribution in [2.75, 3.05) is 19.6 Å². The third kappa shape index (κ3) is 2.84. The second-order valence-corrected chi connectivity index (χ2v) is 5.76. The van der Waals surface area contributed by atoms with Gasteiger partial charge in [0.15, 0.2) is 0 Å². The number of nitrogens with one attached hydrogen (secondary N) is 1. The van der Waals surface area contributed by atoms with Gasteiger partial charge in [0.1, 0.15) is 0 Å². The average molecular weight is 238 g/mol. The molecule has 1 aromatic heterocycles. The van der Waals surface area contributed by atoms with Gasteiger partial charge in [-0.05, 0) is 31.5 Å². The Kier molecular flexibility index (Phi) is 4.38. The van der Waals surface area contributed by atoms with Gasteiger partial charge in [0.05, 0.1) is 0 Å². The molecule has 1 fully saturated rings. The van der Waals surface area contributed by atoms with E-state index < -0.39 is 0 Å². The van der Waals surface area contributed by atoms with Gasteiger partial charge < -0.3 is 5.32 Å². The van der Waals surface area contributed by atoms with Crippen LogP contribution in [0.3, 0.4) is 0 Å². The third-order valence-electron chi connectivity index (χ3n) is 3.21. The number of nitrogens with zero attached hydrogens (tertiary/aromatic N) is 1. The molecule has 2 heterocycles. The van der Waals surface area contributed by atoms with Crippen molar-refractivity contribution in [3.05, 3.63) is 21.9 Å². The van der Waals surface area contributed by atoms with Crippen LogP contribution in [-0.4, -0.2) is 30.6 Å². The van der Waals surface area contributed by atoms with Crippen LogP contribution in [0.4, 0.5) is 0 Å². The second-order valence-electron chi connectivity index (χ2n) is 4.50. The summed E-state index contributed by atoms with van der Waals surface area (Å²) in [4.78, 5) is 5.66. The maximum atomic E-state index is 3.36. The smallest absolute Gasteiger partial charge is 0.0349 e. The van der Waals surface area contributed by atoms with Crippen molar-refractivity contribution in [3.8, 4) is 0 Å². The Labute approximate surface area is 103 Å².